The first-order chi connectivity index (χ1) is 6.59. The Kier molecular flexibility index (Phi) is 1.91. The van der Waals surface area contributed by atoms with Gasteiger partial charge in [-0.15, -0.1) is 0 Å². The third kappa shape index (κ3) is 1.43. The largest absolute Gasteiger partial charge is 0.508 e. The minimum Gasteiger partial charge on any atom is -0.508 e. The average molecular weight is 196 g/mol. The molecule has 1 fully saturated rings. The van der Waals surface area contributed by atoms with Gasteiger partial charge in [-0.1, -0.05) is 0 Å². The molecule has 3 nitrogen and oxygen atoms in total. The number of carbonyl (C=O) groups is 1. The van der Waals surface area contributed by atoms with Crippen LogP contribution in [0.2, 0.25) is 0 Å². The van der Waals surface area contributed by atoms with Gasteiger partial charge in [0.1, 0.15) is 11.6 Å². The van der Waals surface area contributed by atoms with Gasteiger partial charge in [-0.05, 0) is 24.6 Å². The Labute approximate surface area is 79.8 Å². The van der Waals surface area contributed by atoms with Crippen molar-refractivity contribution < 1.29 is 19.4 Å². The number of carboxylic acids is 1. The molecule has 1 aliphatic rings. The van der Waals surface area contributed by atoms with Crippen molar-refractivity contribution in [3.8, 4) is 5.75 Å². The van der Waals surface area contributed by atoms with Crippen molar-refractivity contribution in [2.45, 2.75) is 12.3 Å². The maximum absolute atomic E-state index is 12.8. The Morgan fingerprint density at radius 1 is 1.50 bits per heavy atom. The Hall–Kier alpha value is -1.58. The van der Waals surface area contributed by atoms with Gasteiger partial charge >= 0.3 is 5.97 Å². The van der Waals surface area contributed by atoms with E-state index in [0.29, 0.717) is 12.0 Å². The lowest BCUT2D eigenvalue weighted by Gasteiger charge is -2.02. The number of phenols is 1. The standard InChI is InChI=1S/C10H9FO3/c11-5-1-2-9(12)7(3-5)6-4-8(6)10(13)14/h1-3,6,8,12H,4H2,(H,13,14)/t6-,8+/m0/s1. The molecule has 0 aliphatic heterocycles. The van der Waals surface area contributed by atoms with Gasteiger partial charge in [0.05, 0.1) is 5.92 Å². The van der Waals surface area contributed by atoms with Crippen LogP contribution in [0, 0.1) is 11.7 Å². The van der Waals surface area contributed by atoms with Crippen molar-refractivity contribution in [1.29, 1.82) is 0 Å². The summed E-state index contributed by atoms with van der Waals surface area (Å²) in [6.45, 7) is 0. The molecule has 4 heteroatoms. The van der Waals surface area contributed by atoms with E-state index in [4.69, 9.17) is 5.11 Å². The molecule has 0 unspecified atom stereocenters. The van der Waals surface area contributed by atoms with E-state index in [1.165, 1.54) is 12.1 Å². The van der Waals surface area contributed by atoms with Crippen LogP contribution in [0.1, 0.15) is 17.9 Å². The van der Waals surface area contributed by atoms with E-state index in [2.05, 4.69) is 0 Å². The summed E-state index contributed by atoms with van der Waals surface area (Å²) in [4.78, 5) is 10.6. The number of hydrogen-bond acceptors (Lipinski definition) is 2. The molecule has 2 N–H and O–H groups in total. The maximum atomic E-state index is 12.8. The topological polar surface area (TPSA) is 57.5 Å². The summed E-state index contributed by atoms with van der Waals surface area (Å²) < 4.78 is 12.8. The summed E-state index contributed by atoms with van der Waals surface area (Å²) in [5, 5.41) is 18.1. The van der Waals surface area contributed by atoms with Crippen LogP contribution in [0.15, 0.2) is 18.2 Å². The Bertz CT molecular complexity index is 389. The van der Waals surface area contributed by atoms with Crippen LogP contribution >= 0.6 is 0 Å². The van der Waals surface area contributed by atoms with Gasteiger partial charge in [0, 0.05) is 11.5 Å². The predicted molar refractivity (Wildman–Crippen MR) is 46.5 cm³/mol. The third-order valence-corrected chi connectivity index (χ3v) is 2.50. The highest BCUT2D eigenvalue weighted by Gasteiger charge is 2.45. The number of hydrogen-bond donors (Lipinski definition) is 2. The quantitative estimate of drug-likeness (QED) is 0.757. The molecule has 1 aromatic rings. The smallest absolute Gasteiger partial charge is 0.307 e. The first-order valence-electron chi connectivity index (χ1n) is 4.31. The summed E-state index contributed by atoms with van der Waals surface area (Å²) in [7, 11) is 0. The van der Waals surface area contributed by atoms with Crippen LogP contribution in [0.5, 0.6) is 5.75 Å². The summed E-state index contributed by atoms with van der Waals surface area (Å²) in [6.07, 6.45) is 0.479. The molecule has 0 spiro atoms. The van der Waals surface area contributed by atoms with E-state index >= 15 is 0 Å². The van der Waals surface area contributed by atoms with Crippen molar-refractivity contribution in [3.63, 3.8) is 0 Å². The minimum atomic E-state index is -0.890. The average Bonchev–Trinajstić information content (AvgIpc) is 2.88. The number of carboxylic acid groups (broad SMARTS) is 1. The molecule has 2 atom stereocenters. The fourth-order valence-electron chi connectivity index (χ4n) is 1.63. The lowest BCUT2D eigenvalue weighted by Crippen LogP contribution is -1.99. The summed E-state index contributed by atoms with van der Waals surface area (Å²) in [5.41, 5.74) is 0.400. The first-order valence-corrected chi connectivity index (χ1v) is 4.31. The zero-order valence-corrected chi connectivity index (χ0v) is 7.27. The Morgan fingerprint density at radius 2 is 2.21 bits per heavy atom. The van der Waals surface area contributed by atoms with Crippen LogP contribution in [-0.2, 0) is 4.79 Å². The molecule has 0 radical (unpaired) electrons. The molecule has 74 valence electrons. The molecule has 0 aromatic heterocycles. The van der Waals surface area contributed by atoms with Crippen LogP contribution in [-0.4, -0.2) is 16.2 Å². The van der Waals surface area contributed by atoms with Gasteiger partial charge in [-0.3, -0.25) is 4.79 Å². The highest BCUT2D eigenvalue weighted by molar-refractivity contribution is 5.75. The second-order valence-corrected chi connectivity index (χ2v) is 3.49. The third-order valence-electron chi connectivity index (χ3n) is 2.50. The lowest BCUT2D eigenvalue weighted by atomic mass is 10.1. The molecular weight excluding hydrogens is 187 g/mol. The molecule has 0 bridgehead atoms. The van der Waals surface area contributed by atoms with Crippen LogP contribution in [0.4, 0.5) is 4.39 Å². The first kappa shape index (κ1) is 8.99. The van der Waals surface area contributed by atoms with Crippen molar-refractivity contribution in [2.75, 3.05) is 0 Å². The molecule has 0 heterocycles. The van der Waals surface area contributed by atoms with Gasteiger partial charge in [0.15, 0.2) is 0 Å². The van der Waals surface area contributed by atoms with E-state index in [1.54, 1.807) is 0 Å². The van der Waals surface area contributed by atoms with E-state index in [-0.39, 0.29) is 11.7 Å². The normalized spacial score (nSPS) is 24.6. The fraction of sp³-hybridized carbons (Fsp3) is 0.300. The zero-order valence-electron chi connectivity index (χ0n) is 7.27. The van der Waals surface area contributed by atoms with E-state index in [1.807, 2.05) is 0 Å². The minimum absolute atomic E-state index is 0.0276. The van der Waals surface area contributed by atoms with Crippen molar-refractivity contribution in [2.24, 2.45) is 5.92 Å². The number of phenolic OH excluding ortho intramolecular Hbond substituents is 1. The maximum Gasteiger partial charge on any atom is 0.307 e. The van der Waals surface area contributed by atoms with Crippen LogP contribution in [0.3, 0.4) is 0 Å². The highest BCUT2D eigenvalue weighted by atomic mass is 19.1. The Balaban J connectivity index is 2.26. The van der Waals surface area contributed by atoms with Gasteiger partial charge in [-0.25, -0.2) is 4.39 Å². The predicted octanol–water partition coefficient (Wildman–Crippen LogP) is 1.72. The molecule has 1 aliphatic carbocycles. The molecule has 14 heavy (non-hydrogen) atoms. The van der Waals surface area contributed by atoms with Gasteiger partial charge < -0.3 is 10.2 Å². The molecule has 1 aromatic carbocycles. The number of aliphatic carboxylic acids is 1. The molecule has 0 saturated heterocycles. The van der Waals surface area contributed by atoms with Gasteiger partial charge in [-0.2, -0.15) is 0 Å². The number of rotatable bonds is 2. The van der Waals surface area contributed by atoms with Gasteiger partial charge in [0.2, 0.25) is 0 Å². The molecule has 1 saturated carbocycles. The van der Waals surface area contributed by atoms with E-state index < -0.39 is 17.7 Å². The summed E-state index contributed by atoms with van der Waals surface area (Å²) in [6, 6.07) is 3.60. The number of aromatic hydroxyl groups is 1. The van der Waals surface area contributed by atoms with Crippen LogP contribution in [0.25, 0.3) is 0 Å². The summed E-state index contributed by atoms with van der Waals surface area (Å²) >= 11 is 0. The van der Waals surface area contributed by atoms with E-state index in [9.17, 15) is 14.3 Å². The Morgan fingerprint density at radius 3 is 2.79 bits per heavy atom. The van der Waals surface area contributed by atoms with E-state index in [0.717, 1.165) is 6.07 Å². The number of halogens is 1. The molecular formula is C10H9FO3. The monoisotopic (exact) mass is 196 g/mol. The van der Waals surface area contributed by atoms with Crippen molar-refractivity contribution in [3.05, 3.63) is 29.6 Å². The molecule has 2 rings (SSSR count). The summed E-state index contributed by atoms with van der Waals surface area (Å²) in [5.74, 6) is -2.07. The van der Waals surface area contributed by atoms with Crippen molar-refractivity contribution >= 4 is 5.97 Å². The fourth-order valence-corrected chi connectivity index (χ4v) is 1.63. The second-order valence-electron chi connectivity index (χ2n) is 3.49. The highest BCUT2D eigenvalue weighted by Crippen LogP contribution is 2.50. The molecule has 0 amide bonds. The zero-order chi connectivity index (χ0) is 10.3. The van der Waals surface area contributed by atoms with Gasteiger partial charge in [0.25, 0.3) is 0 Å². The van der Waals surface area contributed by atoms with Crippen molar-refractivity contribution in [1.82, 2.24) is 0 Å². The SMILES string of the molecule is O=C(O)[C@@H]1C[C@H]1c1cc(F)ccc1O. The lowest BCUT2D eigenvalue weighted by molar-refractivity contribution is -0.138. The number of benzene rings is 1. The second kappa shape index (κ2) is 2.97. The van der Waals surface area contributed by atoms with Crippen LogP contribution < -0.4 is 0 Å².